The molecule has 0 aliphatic rings. The van der Waals surface area contributed by atoms with Gasteiger partial charge in [-0.1, -0.05) is 6.07 Å². The summed E-state index contributed by atoms with van der Waals surface area (Å²) in [4.78, 5) is 11.4. The molecule has 0 spiro atoms. The Labute approximate surface area is 148 Å². The van der Waals surface area contributed by atoms with Crippen molar-refractivity contribution in [1.82, 2.24) is 0 Å². The van der Waals surface area contributed by atoms with E-state index >= 15 is 0 Å². The minimum Gasteiger partial charge on any atom is -0.507 e. The Balaban J connectivity index is 2.33. The lowest BCUT2D eigenvalue weighted by Crippen LogP contribution is -2.05. The van der Waals surface area contributed by atoms with Crippen LogP contribution in [0.5, 0.6) is 5.75 Å². The molecule has 0 aliphatic carbocycles. The average Bonchev–Trinajstić information content (AvgIpc) is 2.78. The third-order valence-corrected chi connectivity index (χ3v) is 8.88. The van der Waals surface area contributed by atoms with Gasteiger partial charge in [-0.15, -0.1) is 11.3 Å². The number of rotatable bonds is 4. The topological polar surface area (TPSA) is 80.7 Å². The van der Waals surface area contributed by atoms with Gasteiger partial charge in [0.2, 0.25) is 0 Å². The Bertz CT molecular complexity index is 827. The lowest BCUT2D eigenvalue weighted by molar-refractivity contribution is 0.0597. The van der Waals surface area contributed by atoms with Gasteiger partial charge < -0.3 is 9.84 Å². The highest BCUT2D eigenvalue weighted by Gasteiger charge is 2.23. The van der Waals surface area contributed by atoms with Gasteiger partial charge >= 0.3 is 5.97 Å². The molecule has 0 saturated heterocycles. The summed E-state index contributed by atoms with van der Waals surface area (Å²) in [6, 6.07) is 4.06. The number of aromatic hydroxyl groups is 1. The number of thiophene rings is 1. The van der Waals surface area contributed by atoms with Crippen LogP contribution < -0.4 is 0 Å². The van der Waals surface area contributed by atoms with Crippen LogP contribution in [0.25, 0.3) is 0 Å². The van der Waals surface area contributed by atoms with Crippen LogP contribution in [0.2, 0.25) is 0 Å². The second-order valence-corrected chi connectivity index (χ2v) is 9.00. The van der Waals surface area contributed by atoms with Crippen molar-refractivity contribution >= 4 is 59.0 Å². The zero-order chi connectivity index (χ0) is 16.5. The molecule has 2 aromatic rings. The summed E-state index contributed by atoms with van der Waals surface area (Å²) in [5.74, 6) is -1.28. The molecule has 0 unspecified atom stereocenters. The predicted octanol–water partition coefficient (Wildman–Crippen LogP) is 3.74. The molecule has 0 saturated carbocycles. The summed E-state index contributed by atoms with van der Waals surface area (Å²) < 4.78 is 30.7. The zero-order valence-corrected chi connectivity index (χ0v) is 16.0. The fourth-order valence-corrected chi connectivity index (χ4v) is 6.36. The number of carbonyl (C=O) groups is 1. The SMILES string of the molecule is COC(=O)c1ccc(CS(=O)(=O)c2scc(Br)c2Br)cc1O. The smallest absolute Gasteiger partial charge is 0.341 e. The van der Waals surface area contributed by atoms with Crippen LogP contribution in [0.15, 0.2) is 36.7 Å². The largest absolute Gasteiger partial charge is 0.507 e. The van der Waals surface area contributed by atoms with Gasteiger partial charge in [0.15, 0.2) is 9.84 Å². The second-order valence-electron chi connectivity index (χ2n) is 4.29. The van der Waals surface area contributed by atoms with Crippen LogP contribution in [-0.4, -0.2) is 26.6 Å². The number of esters is 1. The first-order chi connectivity index (χ1) is 10.3. The number of phenols is 1. The van der Waals surface area contributed by atoms with E-state index < -0.39 is 15.8 Å². The molecule has 0 fully saturated rings. The third-order valence-electron chi connectivity index (χ3n) is 2.76. The summed E-state index contributed by atoms with van der Waals surface area (Å²) in [7, 11) is -2.36. The van der Waals surface area contributed by atoms with Crippen molar-refractivity contribution < 1.29 is 23.1 Å². The molecule has 1 N–H and O–H groups in total. The van der Waals surface area contributed by atoms with E-state index in [-0.39, 0.29) is 21.3 Å². The number of benzene rings is 1. The monoisotopic (exact) mass is 468 g/mol. The number of phenolic OH excluding ortho intramolecular Hbond substituents is 1. The fraction of sp³-hybridized carbons (Fsp3) is 0.154. The van der Waals surface area contributed by atoms with Gasteiger partial charge in [0.25, 0.3) is 0 Å². The van der Waals surface area contributed by atoms with E-state index in [1.165, 1.54) is 25.3 Å². The molecule has 1 aromatic heterocycles. The van der Waals surface area contributed by atoms with Crippen LogP contribution >= 0.6 is 43.2 Å². The van der Waals surface area contributed by atoms with Gasteiger partial charge in [-0.2, -0.15) is 0 Å². The molecule has 1 heterocycles. The molecule has 9 heteroatoms. The lowest BCUT2D eigenvalue weighted by Gasteiger charge is -2.07. The van der Waals surface area contributed by atoms with Crippen LogP contribution in [0.1, 0.15) is 15.9 Å². The number of methoxy groups -OCH3 is 1. The van der Waals surface area contributed by atoms with Crippen molar-refractivity contribution in [2.75, 3.05) is 7.11 Å². The minimum absolute atomic E-state index is 0.0105. The summed E-state index contributed by atoms with van der Waals surface area (Å²) in [6.07, 6.45) is 0. The number of sulfone groups is 1. The Morgan fingerprint density at radius 2 is 2.05 bits per heavy atom. The highest BCUT2D eigenvalue weighted by atomic mass is 79.9. The first-order valence-corrected chi connectivity index (χ1v) is 9.93. The highest BCUT2D eigenvalue weighted by molar-refractivity contribution is 9.13. The number of ether oxygens (including phenoxy) is 1. The molecule has 0 atom stereocenters. The van der Waals surface area contributed by atoms with Crippen molar-refractivity contribution in [2.45, 2.75) is 9.96 Å². The second kappa shape index (κ2) is 6.69. The molecular formula is C13H10Br2O5S2. The summed E-state index contributed by atoms with van der Waals surface area (Å²) in [6.45, 7) is 0. The van der Waals surface area contributed by atoms with Gasteiger partial charge in [0.1, 0.15) is 15.5 Å². The molecule has 0 radical (unpaired) electrons. The maximum absolute atomic E-state index is 12.4. The first kappa shape index (κ1) is 17.5. The van der Waals surface area contributed by atoms with Crippen LogP contribution in [0.4, 0.5) is 0 Å². The summed E-state index contributed by atoms with van der Waals surface area (Å²) in [5.41, 5.74) is 0.366. The van der Waals surface area contributed by atoms with Crippen molar-refractivity contribution in [3.63, 3.8) is 0 Å². The lowest BCUT2D eigenvalue weighted by atomic mass is 10.1. The minimum atomic E-state index is -3.56. The predicted molar refractivity (Wildman–Crippen MR) is 90.1 cm³/mol. The molecule has 5 nitrogen and oxygen atoms in total. The maximum atomic E-state index is 12.4. The van der Waals surface area contributed by atoms with Crippen molar-refractivity contribution in [3.8, 4) is 5.75 Å². The standard InChI is InChI=1S/C13H10Br2O5S2/c1-20-12(17)8-3-2-7(4-10(8)16)6-22(18,19)13-11(15)9(14)5-21-13/h2-5,16H,6H2,1H3. The Hall–Kier alpha value is -0.900. The molecule has 0 amide bonds. The van der Waals surface area contributed by atoms with E-state index in [1.54, 1.807) is 5.38 Å². The van der Waals surface area contributed by atoms with E-state index in [9.17, 15) is 18.3 Å². The van der Waals surface area contributed by atoms with Gasteiger partial charge in [-0.3, -0.25) is 0 Å². The average molecular weight is 470 g/mol. The molecule has 22 heavy (non-hydrogen) atoms. The summed E-state index contributed by atoms with van der Waals surface area (Å²) in [5, 5.41) is 11.5. The zero-order valence-electron chi connectivity index (χ0n) is 11.2. The van der Waals surface area contributed by atoms with Gasteiger partial charge in [-0.25, -0.2) is 13.2 Å². The Morgan fingerprint density at radius 3 is 2.55 bits per heavy atom. The van der Waals surface area contributed by atoms with E-state index in [0.29, 0.717) is 14.5 Å². The molecule has 118 valence electrons. The maximum Gasteiger partial charge on any atom is 0.341 e. The van der Waals surface area contributed by atoms with E-state index in [0.717, 1.165) is 11.3 Å². The van der Waals surface area contributed by atoms with Gasteiger partial charge in [-0.05, 0) is 49.6 Å². The van der Waals surface area contributed by atoms with Gasteiger partial charge in [0.05, 0.1) is 17.3 Å². The molecule has 0 aliphatic heterocycles. The normalized spacial score (nSPS) is 11.4. The molecule has 1 aromatic carbocycles. The Kier molecular flexibility index (Phi) is 5.31. The van der Waals surface area contributed by atoms with Crippen LogP contribution in [0, 0.1) is 0 Å². The number of carbonyl (C=O) groups excluding carboxylic acids is 1. The first-order valence-electron chi connectivity index (χ1n) is 5.81. The van der Waals surface area contributed by atoms with Gasteiger partial charge in [0, 0.05) is 9.85 Å². The summed E-state index contributed by atoms with van der Waals surface area (Å²) >= 11 is 7.57. The van der Waals surface area contributed by atoms with Crippen molar-refractivity contribution in [3.05, 3.63) is 43.7 Å². The van der Waals surface area contributed by atoms with Crippen molar-refractivity contribution in [1.29, 1.82) is 0 Å². The number of halogens is 2. The molecular weight excluding hydrogens is 460 g/mol. The molecule has 0 bridgehead atoms. The van der Waals surface area contributed by atoms with Crippen LogP contribution in [-0.2, 0) is 20.3 Å². The van der Waals surface area contributed by atoms with Crippen molar-refractivity contribution in [2.24, 2.45) is 0 Å². The Morgan fingerprint density at radius 1 is 1.36 bits per heavy atom. The van der Waals surface area contributed by atoms with Crippen LogP contribution in [0.3, 0.4) is 0 Å². The van der Waals surface area contributed by atoms with E-state index in [1.807, 2.05) is 0 Å². The number of hydrogen-bond donors (Lipinski definition) is 1. The quantitative estimate of drug-likeness (QED) is 0.690. The molecule has 2 rings (SSSR count). The fourth-order valence-electron chi connectivity index (χ4n) is 1.75. The number of hydrogen-bond acceptors (Lipinski definition) is 6. The van der Waals surface area contributed by atoms with E-state index in [2.05, 4.69) is 36.6 Å². The third kappa shape index (κ3) is 3.53. The van der Waals surface area contributed by atoms with E-state index in [4.69, 9.17) is 0 Å². The highest BCUT2D eigenvalue weighted by Crippen LogP contribution is 2.37.